The van der Waals surface area contributed by atoms with Crippen LogP contribution in [-0.4, -0.2) is 15.0 Å². The lowest BCUT2D eigenvalue weighted by Crippen LogP contribution is -2.31. The van der Waals surface area contributed by atoms with Gasteiger partial charge in [-0.2, -0.15) is 0 Å². The van der Waals surface area contributed by atoms with Gasteiger partial charge >= 0.3 is 0 Å². The average Bonchev–Trinajstić information content (AvgIpc) is 3.46. The van der Waals surface area contributed by atoms with Crippen LogP contribution in [-0.2, 0) is 16.4 Å². The average molecular weight is 443 g/mol. The van der Waals surface area contributed by atoms with Crippen LogP contribution >= 0.6 is 0 Å². The zero-order valence-electron chi connectivity index (χ0n) is 18.0. The number of rotatable bonds is 3. The Bertz CT molecular complexity index is 1350. The number of nitrogens with zero attached hydrogens (tertiary/aromatic N) is 1. The van der Waals surface area contributed by atoms with Crippen molar-refractivity contribution in [2.24, 2.45) is 5.92 Å². The van der Waals surface area contributed by atoms with E-state index in [1.807, 2.05) is 36.4 Å². The molecule has 0 fully saturated rings. The summed E-state index contributed by atoms with van der Waals surface area (Å²) in [5.41, 5.74) is 6.62. The van der Waals surface area contributed by atoms with E-state index in [9.17, 15) is 8.42 Å². The topological polar surface area (TPSA) is 49.4 Å². The largest absolute Gasteiger partial charge is 0.378 e. The molecule has 162 valence electrons. The SMILES string of the molecule is Cc1ccccc1C1Nc2ccc(S(=O)(=O)N3CCc4ccccc43)cc2C2C=CCC21. The second-order valence-corrected chi connectivity index (χ2v) is 10.9. The fraction of sp³-hybridized carbons (Fsp3) is 0.259. The molecular weight excluding hydrogens is 416 g/mol. The molecule has 0 radical (unpaired) electrons. The predicted octanol–water partition coefficient (Wildman–Crippen LogP) is 5.57. The van der Waals surface area contributed by atoms with Crippen molar-refractivity contribution in [3.8, 4) is 0 Å². The minimum absolute atomic E-state index is 0.219. The maximum absolute atomic E-state index is 13.6. The standard InChI is InChI=1S/C27H26N2O2S/c1-18-7-2-4-9-21(18)27-23-11-6-10-22(23)24-17-20(13-14-25(24)28-27)32(30,31)29-16-15-19-8-3-5-12-26(19)29/h2-10,12-14,17,22-23,27-28H,11,15-16H2,1H3. The number of benzene rings is 3. The number of hydrogen-bond donors (Lipinski definition) is 1. The molecular formula is C27H26N2O2S. The molecule has 2 heterocycles. The van der Waals surface area contributed by atoms with Crippen molar-refractivity contribution in [1.29, 1.82) is 0 Å². The number of anilines is 2. The Morgan fingerprint density at radius 1 is 0.969 bits per heavy atom. The number of fused-ring (bicyclic) bond motifs is 4. The van der Waals surface area contributed by atoms with Gasteiger partial charge in [-0.15, -0.1) is 0 Å². The zero-order chi connectivity index (χ0) is 21.9. The maximum Gasteiger partial charge on any atom is 0.264 e. The molecule has 2 aliphatic heterocycles. The van der Waals surface area contributed by atoms with Gasteiger partial charge < -0.3 is 5.32 Å². The molecule has 3 aromatic rings. The molecule has 3 aromatic carbocycles. The summed E-state index contributed by atoms with van der Waals surface area (Å²) in [5.74, 6) is 0.603. The van der Waals surface area contributed by atoms with Gasteiger partial charge in [0.15, 0.2) is 0 Å². The van der Waals surface area contributed by atoms with Gasteiger partial charge in [-0.05, 0) is 72.2 Å². The third-order valence-corrected chi connectivity index (χ3v) is 9.10. The predicted molar refractivity (Wildman–Crippen MR) is 129 cm³/mol. The third-order valence-electron chi connectivity index (χ3n) is 7.29. The van der Waals surface area contributed by atoms with Crippen molar-refractivity contribution < 1.29 is 8.42 Å². The highest BCUT2D eigenvalue weighted by Gasteiger charge is 2.39. The number of hydrogen-bond acceptors (Lipinski definition) is 3. The smallest absolute Gasteiger partial charge is 0.264 e. The van der Waals surface area contributed by atoms with Crippen molar-refractivity contribution in [2.45, 2.75) is 36.6 Å². The molecule has 0 bridgehead atoms. The van der Waals surface area contributed by atoms with E-state index >= 15 is 0 Å². The van der Waals surface area contributed by atoms with Crippen molar-refractivity contribution in [3.05, 3.63) is 101 Å². The first-order valence-electron chi connectivity index (χ1n) is 11.3. The summed E-state index contributed by atoms with van der Waals surface area (Å²) in [6, 6.07) is 22.2. The van der Waals surface area contributed by atoms with Crippen LogP contribution in [0.5, 0.6) is 0 Å². The van der Waals surface area contributed by atoms with Crippen LogP contribution in [0.3, 0.4) is 0 Å². The Balaban J connectivity index is 1.40. The fourth-order valence-corrected chi connectivity index (χ4v) is 7.20. The van der Waals surface area contributed by atoms with E-state index < -0.39 is 10.0 Å². The summed E-state index contributed by atoms with van der Waals surface area (Å²) < 4.78 is 28.8. The molecule has 32 heavy (non-hydrogen) atoms. The third kappa shape index (κ3) is 2.91. The van der Waals surface area contributed by atoms with Gasteiger partial charge in [-0.3, -0.25) is 4.31 Å². The van der Waals surface area contributed by atoms with Crippen molar-refractivity contribution >= 4 is 21.4 Å². The van der Waals surface area contributed by atoms with Gasteiger partial charge in [0.05, 0.1) is 16.6 Å². The van der Waals surface area contributed by atoms with E-state index in [4.69, 9.17) is 0 Å². The van der Waals surface area contributed by atoms with Crippen molar-refractivity contribution in [1.82, 2.24) is 0 Å². The molecule has 3 aliphatic rings. The molecule has 0 saturated carbocycles. The molecule has 1 aliphatic carbocycles. The van der Waals surface area contributed by atoms with Crippen molar-refractivity contribution in [3.63, 3.8) is 0 Å². The van der Waals surface area contributed by atoms with Crippen molar-refractivity contribution in [2.75, 3.05) is 16.2 Å². The molecule has 6 rings (SSSR count). The Labute approximate surface area is 189 Å². The summed E-state index contributed by atoms with van der Waals surface area (Å²) >= 11 is 0. The molecule has 4 nitrogen and oxygen atoms in total. The first-order valence-corrected chi connectivity index (χ1v) is 12.7. The summed E-state index contributed by atoms with van der Waals surface area (Å²) in [6.45, 7) is 2.66. The molecule has 0 spiro atoms. The van der Waals surface area contributed by atoms with Crippen LogP contribution in [0.2, 0.25) is 0 Å². The van der Waals surface area contributed by atoms with Crippen LogP contribution in [0.15, 0.2) is 83.8 Å². The highest BCUT2D eigenvalue weighted by atomic mass is 32.2. The van der Waals surface area contributed by atoms with Crippen LogP contribution in [0.25, 0.3) is 0 Å². The molecule has 1 N–H and O–H groups in total. The van der Waals surface area contributed by atoms with Gasteiger partial charge in [0.25, 0.3) is 10.0 Å². The van der Waals surface area contributed by atoms with Gasteiger partial charge in [0.2, 0.25) is 0 Å². The van der Waals surface area contributed by atoms with E-state index in [-0.39, 0.29) is 12.0 Å². The molecule has 0 amide bonds. The molecule has 5 heteroatoms. The molecule has 3 unspecified atom stereocenters. The monoisotopic (exact) mass is 442 g/mol. The number of para-hydroxylation sites is 1. The lowest BCUT2D eigenvalue weighted by Gasteiger charge is -2.38. The van der Waals surface area contributed by atoms with E-state index in [1.54, 1.807) is 10.4 Å². The normalized spacial score (nSPS) is 23.4. The number of aryl methyl sites for hydroxylation is 1. The summed E-state index contributed by atoms with van der Waals surface area (Å²) in [5, 5.41) is 3.74. The summed E-state index contributed by atoms with van der Waals surface area (Å²) in [4.78, 5) is 0.378. The van der Waals surface area contributed by atoms with Crippen LogP contribution in [0.4, 0.5) is 11.4 Å². The fourth-order valence-electron chi connectivity index (χ4n) is 5.66. The van der Waals surface area contributed by atoms with Crippen LogP contribution in [0, 0.1) is 12.8 Å². The minimum atomic E-state index is -3.61. The summed E-state index contributed by atoms with van der Waals surface area (Å²) in [7, 11) is -3.61. The van der Waals surface area contributed by atoms with E-state index in [0.29, 0.717) is 17.4 Å². The highest BCUT2D eigenvalue weighted by Crippen LogP contribution is 2.50. The first-order chi connectivity index (χ1) is 15.5. The quantitative estimate of drug-likeness (QED) is 0.539. The van der Waals surface area contributed by atoms with Crippen LogP contribution in [0.1, 0.15) is 40.6 Å². The van der Waals surface area contributed by atoms with E-state index in [2.05, 4.69) is 48.7 Å². The zero-order valence-corrected chi connectivity index (χ0v) is 18.8. The van der Waals surface area contributed by atoms with E-state index in [1.165, 1.54) is 11.1 Å². The Morgan fingerprint density at radius 2 is 1.78 bits per heavy atom. The van der Waals surface area contributed by atoms with Gasteiger partial charge in [-0.25, -0.2) is 8.42 Å². The number of sulfonamides is 1. The Morgan fingerprint density at radius 3 is 2.66 bits per heavy atom. The lowest BCUT2D eigenvalue weighted by atomic mass is 9.76. The highest BCUT2D eigenvalue weighted by molar-refractivity contribution is 7.92. The van der Waals surface area contributed by atoms with Gasteiger partial charge in [-0.1, -0.05) is 54.6 Å². The second-order valence-electron chi connectivity index (χ2n) is 9.04. The maximum atomic E-state index is 13.6. The molecule has 0 aromatic heterocycles. The lowest BCUT2D eigenvalue weighted by molar-refractivity contribution is 0.424. The van der Waals surface area contributed by atoms with Crippen LogP contribution < -0.4 is 9.62 Å². The summed E-state index contributed by atoms with van der Waals surface area (Å²) in [6.07, 6.45) is 6.26. The van der Waals surface area contributed by atoms with E-state index in [0.717, 1.165) is 35.3 Å². The minimum Gasteiger partial charge on any atom is -0.378 e. The van der Waals surface area contributed by atoms with Gasteiger partial charge in [0, 0.05) is 18.2 Å². The number of allylic oxidation sites excluding steroid dienone is 2. The van der Waals surface area contributed by atoms with Gasteiger partial charge in [0.1, 0.15) is 0 Å². The number of nitrogens with one attached hydrogen (secondary N) is 1. The molecule has 0 saturated heterocycles. The first kappa shape index (κ1) is 19.6. The molecule has 3 atom stereocenters. The Hall–Kier alpha value is -3.05. The second kappa shape index (κ2) is 7.24. The Kier molecular flexibility index (Phi) is 4.44.